The number of hydrogen-bond acceptors (Lipinski definition) is 2. The summed E-state index contributed by atoms with van der Waals surface area (Å²) in [4.78, 5) is 11.1. The van der Waals surface area contributed by atoms with Crippen LogP contribution in [0.25, 0.3) is 5.69 Å². The molecule has 1 aromatic heterocycles. The van der Waals surface area contributed by atoms with Crippen molar-refractivity contribution < 1.29 is 19.0 Å². The Labute approximate surface area is 111 Å². The number of hydrogen-bond donors (Lipinski definition) is 1. The highest BCUT2D eigenvalue weighted by Gasteiger charge is 2.14. The van der Waals surface area contributed by atoms with Crippen LogP contribution in [0.2, 0.25) is 0 Å². The van der Waals surface area contributed by atoms with Crippen LogP contribution < -0.4 is 4.74 Å². The molecule has 4 nitrogen and oxygen atoms in total. The van der Waals surface area contributed by atoms with E-state index in [0.29, 0.717) is 10.2 Å². The largest absolute Gasteiger partial charge is 0.494 e. The number of benzene rings is 1. The lowest BCUT2D eigenvalue weighted by Crippen LogP contribution is -2.06. The summed E-state index contributed by atoms with van der Waals surface area (Å²) >= 11 is 3.19. The van der Waals surface area contributed by atoms with Crippen LogP contribution in [0, 0.1) is 5.82 Å². The fraction of sp³-hybridized carbons (Fsp3) is 0.0833. The molecule has 0 fully saturated rings. The van der Waals surface area contributed by atoms with Crippen molar-refractivity contribution in [3.05, 3.63) is 46.4 Å². The van der Waals surface area contributed by atoms with Gasteiger partial charge in [-0.15, -0.1) is 0 Å². The van der Waals surface area contributed by atoms with Gasteiger partial charge in [-0.05, 0) is 34.1 Å². The fourth-order valence-corrected chi connectivity index (χ4v) is 2.04. The van der Waals surface area contributed by atoms with E-state index in [1.54, 1.807) is 12.3 Å². The van der Waals surface area contributed by atoms with Crippen LogP contribution in [-0.4, -0.2) is 22.8 Å². The number of aromatic carboxylic acids is 1. The number of nitrogens with zero attached hydrogens (tertiary/aromatic N) is 1. The average Bonchev–Trinajstić information content (AvgIpc) is 2.71. The summed E-state index contributed by atoms with van der Waals surface area (Å²) in [5, 5.41) is 9.05. The molecule has 0 unspecified atom stereocenters. The molecular weight excluding hydrogens is 305 g/mol. The Kier molecular flexibility index (Phi) is 3.38. The van der Waals surface area contributed by atoms with Crippen molar-refractivity contribution in [1.82, 2.24) is 4.57 Å². The molecule has 0 saturated heterocycles. The molecule has 0 amide bonds. The molecule has 0 saturated carbocycles. The standard InChI is InChI=1S/C12H9BrFNO3/c1-18-11-3-2-8(5-9(11)14)15-6-7(13)4-10(15)12(16)17/h2-6H,1H3,(H,16,17). The van der Waals surface area contributed by atoms with Crippen LogP contribution in [-0.2, 0) is 0 Å². The van der Waals surface area contributed by atoms with E-state index in [2.05, 4.69) is 15.9 Å². The smallest absolute Gasteiger partial charge is 0.352 e. The lowest BCUT2D eigenvalue weighted by Gasteiger charge is -2.08. The third-order valence-electron chi connectivity index (χ3n) is 2.42. The first-order valence-electron chi connectivity index (χ1n) is 4.98. The zero-order chi connectivity index (χ0) is 13.3. The predicted molar refractivity (Wildman–Crippen MR) is 66.9 cm³/mol. The molecule has 0 atom stereocenters. The van der Waals surface area contributed by atoms with E-state index < -0.39 is 11.8 Å². The third-order valence-corrected chi connectivity index (χ3v) is 2.85. The number of halogens is 2. The molecule has 1 aromatic carbocycles. The maximum absolute atomic E-state index is 13.6. The summed E-state index contributed by atoms with van der Waals surface area (Å²) in [6.07, 6.45) is 1.56. The predicted octanol–water partition coefficient (Wildman–Crippen LogP) is 3.09. The molecule has 1 N–H and O–H groups in total. The van der Waals surface area contributed by atoms with E-state index in [-0.39, 0.29) is 11.4 Å². The molecule has 2 rings (SSSR count). The summed E-state index contributed by atoms with van der Waals surface area (Å²) in [6, 6.07) is 5.70. The number of carboxylic acids is 1. The molecule has 6 heteroatoms. The number of aromatic nitrogens is 1. The average molecular weight is 314 g/mol. The van der Waals surface area contributed by atoms with E-state index in [1.165, 1.54) is 29.9 Å². The second-order valence-corrected chi connectivity index (χ2v) is 4.45. The summed E-state index contributed by atoms with van der Waals surface area (Å²) in [5.41, 5.74) is 0.461. The van der Waals surface area contributed by atoms with Gasteiger partial charge in [0.1, 0.15) is 5.69 Å². The fourth-order valence-electron chi connectivity index (χ4n) is 1.61. The van der Waals surface area contributed by atoms with Crippen molar-refractivity contribution in [3.8, 4) is 11.4 Å². The zero-order valence-corrected chi connectivity index (χ0v) is 10.9. The van der Waals surface area contributed by atoms with Crippen LogP contribution in [0.5, 0.6) is 5.75 Å². The van der Waals surface area contributed by atoms with Gasteiger partial charge < -0.3 is 14.4 Å². The first-order valence-corrected chi connectivity index (χ1v) is 5.77. The van der Waals surface area contributed by atoms with Crippen LogP contribution >= 0.6 is 15.9 Å². The Bertz CT molecular complexity index is 609. The van der Waals surface area contributed by atoms with Gasteiger partial charge in [0, 0.05) is 22.4 Å². The summed E-state index contributed by atoms with van der Waals surface area (Å²) in [5.74, 6) is -1.52. The molecule has 18 heavy (non-hydrogen) atoms. The third kappa shape index (κ3) is 2.24. The second kappa shape index (κ2) is 4.81. The lowest BCUT2D eigenvalue weighted by molar-refractivity contribution is 0.0688. The van der Waals surface area contributed by atoms with E-state index in [0.717, 1.165) is 0 Å². The van der Waals surface area contributed by atoms with Gasteiger partial charge in [-0.2, -0.15) is 0 Å². The quantitative estimate of drug-likeness (QED) is 0.947. The number of methoxy groups -OCH3 is 1. The van der Waals surface area contributed by atoms with E-state index in [9.17, 15) is 9.18 Å². The van der Waals surface area contributed by atoms with Gasteiger partial charge in [-0.25, -0.2) is 9.18 Å². The molecule has 0 aliphatic rings. The molecule has 0 aliphatic carbocycles. The van der Waals surface area contributed by atoms with Gasteiger partial charge >= 0.3 is 5.97 Å². The molecule has 94 valence electrons. The second-order valence-electron chi connectivity index (χ2n) is 3.54. The van der Waals surface area contributed by atoms with E-state index in [4.69, 9.17) is 9.84 Å². The minimum atomic E-state index is -1.09. The Morgan fingerprint density at radius 3 is 2.72 bits per heavy atom. The lowest BCUT2D eigenvalue weighted by atomic mass is 10.2. The Morgan fingerprint density at radius 1 is 1.44 bits per heavy atom. The maximum atomic E-state index is 13.6. The molecule has 0 radical (unpaired) electrons. The first kappa shape index (κ1) is 12.6. The van der Waals surface area contributed by atoms with Crippen molar-refractivity contribution in [3.63, 3.8) is 0 Å². The van der Waals surface area contributed by atoms with Crippen molar-refractivity contribution in [1.29, 1.82) is 0 Å². The van der Waals surface area contributed by atoms with Crippen LogP contribution in [0.1, 0.15) is 10.5 Å². The van der Waals surface area contributed by atoms with Crippen LogP contribution in [0.3, 0.4) is 0 Å². The van der Waals surface area contributed by atoms with Crippen LogP contribution in [0.4, 0.5) is 4.39 Å². The molecule has 0 bridgehead atoms. The monoisotopic (exact) mass is 313 g/mol. The Balaban J connectivity index is 2.55. The highest BCUT2D eigenvalue weighted by atomic mass is 79.9. The molecule has 0 aliphatic heterocycles. The van der Waals surface area contributed by atoms with Gasteiger partial charge in [-0.1, -0.05) is 0 Å². The number of carboxylic acid groups (broad SMARTS) is 1. The maximum Gasteiger partial charge on any atom is 0.352 e. The van der Waals surface area contributed by atoms with E-state index >= 15 is 0 Å². The highest BCUT2D eigenvalue weighted by molar-refractivity contribution is 9.10. The number of ether oxygens (including phenoxy) is 1. The Hall–Kier alpha value is -1.82. The van der Waals surface area contributed by atoms with Crippen molar-refractivity contribution in [2.75, 3.05) is 7.11 Å². The van der Waals surface area contributed by atoms with E-state index in [1.807, 2.05) is 0 Å². The summed E-state index contributed by atoms with van der Waals surface area (Å²) in [7, 11) is 1.37. The molecule has 2 aromatic rings. The minimum Gasteiger partial charge on any atom is -0.494 e. The van der Waals surface area contributed by atoms with Gasteiger partial charge in [0.15, 0.2) is 11.6 Å². The SMILES string of the molecule is COc1ccc(-n2cc(Br)cc2C(=O)O)cc1F. The summed E-state index contributed by atoms with van der Waals surface area (Å²) in [6.45, 7) is 0. The Morgan fingerprint density at radius 2 is 2.17 bits per heavy atom. The van der Waals surface area contributed by atoms with Crippen molar-refractivity contribution in [2.45, 2.75) is 0 Å². The zero-order valence-electron chi connectivity index (χ0n) is 9.35. The highest BCUT2D eigenvalue weighted by Crippen LogP contribution is 2.24. The molecular formula is C12H9BrFNO3. The van der Waals surface area contributed by atoms with Gasteiger partial charge in [0.05, 0.1) is 7.11 Å². The first-order chi connectivity index (χ1) is 8.52. The van der Waals surface area contributed by atoms with Crippen molar-refractivity contribution in [2.24, 2.45) is 0 Å². The summed E-state index contributed by atoms with van der Waals surface area (Å²) < 4.78 is 20.4. The molecule has 0 spiro atoms. The number of rotatable bonds is 3. The van der Waals surface area contributed by atoms with Gasteiger partial charge in [-0.3, -0.25) is 0 Å². The topological polar surface area (TPSA) is 51.5 Å². The van der Waals surface area contributed by atoms with Crippen LogP contribution in [0.15, 0.2) is 34.9 Å². The number of carbonyl (C=O) groups is 1. The molecule has 1 heterocycles. The minimum absolute atomic E-state index is 0.0476. The van der Waals surface area contributed by atoms with Crippen molar-refractivity contribution >= 4 is 21.9 Å². The van der Waals surface area contributed by atoms with Gasteiger partial charge in [0.2, 0.25) is 0 Å². The normalized spacial score (nSPS) is 10.4. The van der Waals surface area contributed by atoms with Gasteiger partial charge in [0.25, 0.3) is 0 Å².